The average molecular weight is 431 g/mol. The largest absolute Gasteiger partial charge is 0.368 e. The van der Waals surface area contributed by atoms with E-state index < -0.39 is 0 Å². The Bertz CT molecular complexity index is 1080. The zero-order chi connectivity index (χ0) is 18.1. The highest BCUT2D eigenvalue weighted by molar-refractivity contribution is 9.10. The first-order valence-corrected chi connectivity index (χ1v) is 8.88. The summed E-state index contributed by atoms with van der Waals surface area (Å²) in [7, 11) is 0. The molecule has 0 aliphatic heterocycles. The van der Waals surface area contributed by atoms with Crippen molar-refractivity contribution >= 4 is 44.9 Å². The molecule has 1 aromatic carbocycles. The number of aromatic nitrogens is 5. The molecule has 0 spiro atoms. The molecule has 0 saturated heterocycles. The summed E-state index contributed by atoms with van der Waals surface area (Å²) in [6, 6.07) is 9.50. The second kappa shape index (κ2) is 6.89. The summed E-state index contributed by atoms with van der Waals surface area (Å²) in [5.41, 5.74) is 8.72. The third-order valence-electron chi connectivity index (χ3n) is 3.78. The first-order chi connectivity index (χ1) is 12.6. The van der Waals surface area contributed by atoms with Gasteiger partial charge in [0.15, 0.2) is 5.65 Å². The molecule has 0 aliphatic carbocycles. The summed E-state index contributed by atoms with van der Waals surface area (Å²) in [6.07, 6.45) is 5.07. The van der Waals surface area contributed by atoms with E-state index in [1.807, 2.05) is 30.3 Å². The van der Waals surface area contributed by atoms with Gasteiger partial charge in [0.2, 0.25) is 5.95 Å². The maximum absolute atomic E-state index is 6.34. The van der Waals surface area contributed by atoms with Gasteiger partial charge in [-0.05, 0) is 22.0 Å². The minimum absolute atomic E-state index is 0.247. The van der Waals surface area contributed by atoms with Crippen molar-refractivity contribution in [2.45, 2.75) is 6.54 Å². The maximum Gasteiger partial charge on any atom is 0.219 e. The number of nitrogens with zero attached hydrogens (tertiary/aromatic N) is 5. The van der Waals surface area contributed by atoms with E-state index in [9.17, 15) is 0 Å². The topological polar surface area (TPSA) is 94.0 Å². The van der Waals surface area contributed by atoms with Crippen molar-refractivity contribution in [2.75, 3.05) is 11.1 Å². The third kappa shape index (κ3) is 3.21. The van der Waals surface area contributed by atoms with Crippen molar-refractivity contribution in [3.63, 3.8) is 0 Å². The number of fused-ring (bicyclic) bond motifs is 1. The molecule has 0 aliphatic rings. The Balaban J connectivity index is 1.75. The lowest BCUT2D eigenvalue weighted by molar-refractivity contribution is 0.923. The van der Waals surface area contributed by atoms with Crippen LogP contribution in [0.3, 0.4) is 0 Å². The van der Waals surface area contributed by atoms with Crippen LogP contribution in [0.25, 0.3) is 16.9 Å². The van der Waals surface area contributed by atoms with E-state index in [4.69, 9.17) is 17.3 Å². The molecule has 0 amide bonds. The van der Waals surface area contributed by atoms with Gasteiger partial charge in [0.1, 0.15) is 5.82 Å². The van der Waals surface area contributed by atoms with E-state index in [1.165, 1.54) is 0 Å². The Labute approximate surface area is 162 Å². The lowest BCUT2D eigenvalue weighted by Gasteiger charge is -2.11. The predicted molar refractivity (Wildman–Crippen MR) is 105 cm³/mol. The van der Waals surface area contributed by atoms with Crippen molar-refractivity contribution < 1.29 is 0 Å². The van der Waals surface area contributed by atoms with Crippen LogP contribution in [0.5, 0.6) is 0 Å². The summed E-state index contributed by atoms with van der Waals surface area (Å²) in [5, 5.41) is 8.34. The Hall–Kier alpha value is -2.71. The fourth-order valence-electron chi connectivity index (χ4n) is 2.52. The van der Waals surface area contributed by atoms with Crippen molar-refractivity contribution in [1.82, 2.24) is 24.6 Å². The lowest BCUT2D eigenvalue weighted by atomic mass is 10.1. The van der Waals surface area contributed by atoms with Crippen LogP contribution in [0.4, 0.5) is 11.8 Å². The lowest BCUT2D eigenvalue weighted by Crippen LogP contribution is -2.07. The van der Waals surface area contributed by atoms with Crippen LogP contribution in [0, 0.1) is 0 Å². The molecule has 0 atom stereocenters. The van der Waals surface area contributed by atoms with Crippen molar-refractivity contribution in [1.29, 1.82) is 0 Å². The molecule has 130 valence electrons. The van der Waals surface area contributed by atoms with Gasteiger partial charge in [-0.15, -0.1) is 0 Å². The number of nitrogens with one attached hydrogen (secondary N) is 1. The van der Waals surface area contributed by atoms with Gasteiger partial charge in [0.05, 0.1) is 16.4 Å². The van der Waals surface area contributed by atoms with Crippen LogP contribution in [0.15, 0.2) is 53.4 Å². The molecular weight excluding hydrogens is 418 g/mol. The smallest absolute Gasteiger partial charge is 0.219 e. The molecule has 0 radical (unpaired) electrons. The molecule has 4 aromatic rings. The highest BCUT2D eigenvalue weighted by Gasteiger charge is 2.13. The zero-order valence-corrected chi connectivity index (χ0v) is 15.7. The van der Waals surface area contributed by atoms with Gasteiger partial charge in [0.25, 0.3) is 0 Å². The predicted octanol–water partition coefficient (Wildman–Crippen LogP) is 3.80. The molecule has 4 rings (SSSR count). The fraction of sp³-hybridized carbons (Fsp3) is 0.0588. The van der Waals surface area contributed by atoms with Crippen molar-refractivity contribution in [3.8, 4) is 11.3 Å². The Morgan fingerprint density at radius 3 is 2.69 bits per heavy atom. The van der Waals surface area contributed by atoms with Gasteiger partial charge in [-0.25, -0.2) is 15.0 Å². The first kappa shape index (κ1) is 16.7. The van der Waals surface area contributed by atoms with Gasteiger partial charge in [-0.2, -0.15) is 9.61 Å². The monoisotopic (exact) mass is 429 g/mol. The van der Waals surface area contributed by atoms with E-state index in [0.717, 1.165) is 27.1 Å². The van der Waals surface area contributed by atoms with E-state index in [1.54, 1.807) is 23.1 Å². The van der Waals surface area contributed by atoms with Gasteiger partial charge in [0, 0.05) is 41.2 Å². The van der Waals surface area contributed by atoms with E-state index >= 15 is 0 Å². The molecule has 0 unspecified atom stereocenters. The number of halogens is 2. The minimum atomic E-state index is 0.247. The summed E-state index contributed by atoms with van der Waals surface area (Å²) >= 11 is 9.83. The fourth-order valence-corrected chi connectivity index (χ4v) is 3.10. The van der Waals surface area contributed by atoms with Gasteiger partial charge in [-0.3, -0.25) is 0 Å². The maximum atomic E-state index is 6.34. The van der Waals surface area contributed by atoms with E-state index in [-0.39, 0.29) is 5.95 Å². The number of anilines is 2. The summed E-state index contributed by atoms with van der Waals surface area (Å²) in [6.45, 7) is 0.513. The molecular formula is C17H13BrClN7. The number of nitrogen functional groups attached to an aromatic ring is 1. The second-order valence-corrected chi connectivity index (χ2v) is 6.80. The number of hydrogen-bond acceptors (Lipinski definition) is 6. The number of nitrogens with two attached hydrogens (primary N) is 1. The number of benzene rings is 1. The third-order valence-corrected chi connectivity index (χ3v) is 4.67. The first-order valence-electron chi connectivity index (χ1n) is 7.71. The quantitative estimate of drug-likeness (QED) is 0.511. The normalized spacial score (nSPS) is 11.0. The van der Waals surface area contributed by atoms with Gasteiger partial charge < -0.3 is 11.1 Å². The van der Waals surface area contributed by atoms with Crippen LogP contribution in [0.2, 0.25) is 5.02 Å². The van der Waals surface area contributed by atoms with Crippen LogP contribution < -0.4 is 11.1 Å². The summed E-state index contributed by atoms with van der Waals surface area (Å²) < 4.78 is 2.52. The van der Waals surface area contributed by atoms with Crippen LogP contribution in [-0.2, 0) is 6.54 Å². The standard InChI is InChI=1S/C17H13BrClN7/c18-12-9-24-26-15(21-6-10-7-22-17(20)23-8-10)5-14(25-16(12)26)11-3-1-2-4-13(11)19/h1-5,7-9,21H,6H2,(H2,20,22,23). The zero-order valence-electron chi connectivity index (χ0n) is 13.4. The Morgan fingerprint density at radius 1 is 1.15 bits per heavy atom. The molecule has 3 heterocycles. The molecule has 26 heavy (non-hydrogen) atoms. The van der Waals surface area contributed by atoms with Crippen LogP contribution in [0.1, 0.15) is 5.56 Å². The molecule has 3 N–H and O–H groups in total. The van der Waals surface area contributed by atoms with Gasteiger partial charge >= 0.3 is 0 Å². The summed E-state index contributed by atoms with van der Waals surface area (Å²) in [4.78, 5) is 12.7. The van der Waals surface area contributed by atoms with E-state index in [0.29, 0.717) is 17.2 Å². The Kier molecular flexibility index (Phi) is 4.44. The molecule has 0 fully saturated rings. The minimum Gasteiger partial charge on any atom is -0.368 e. The molecule has 7 nitrogen and oxygen atoms in total. The average Bonchev–Trinajstić information content (AvgIpc) is 3.02. The van der Waals surface area contributed by atoms with Crippen LogP contribution >= 0.6 is 27.5 Å². The SMILES string of the molecule is Nc1ncc(CNc2cc(-c3ccccc3Cl)nc3c(Br)cnn23)cn1. The number of rotatable bonds is 4. The van der Waals surface area contributed by atoms with Crippen molar-refractivity contribution in [2.24, 2.45) is 0 Å². The molecule has 9 heteroatoms. The van der Waals surface area contributed by atoms with Crippen LogP contribution in [-0.4, -0.2) is 24.6 Å². The highest BCUT2D eigenvalue weighted by Crippen LogP contribution is 2.30. The molecule has 3 aromatic heterocycles. The highest BCUT2D eigenvalue weighted by atomic mass is 79.9. The molecule has 0 bridgehead atoms. The Morgan fingerprint density at radius 2 is 1.92 bits per heavy atom. The number of hydrogen-bond donors (Lipinski definition) is 2. The van der Waals surface area contributed by atoms with Gasteiger partial charge in [-0.1, -0.05) is 29.8 Å². The van der Waals surface area contributed by atoms with Crippen molar-refractivity contribution in [3.05, 3.63) is 64.0 Å². The van der Waals surface area contributed by atoms with E-state index in [2.05, 4.69) is 41.3 Å². The summed E-state index contributed by atoms with van der Waals surface area (Å²) in [5.74, 6) is 1.02. The second-order valence-electron chi connectivity index (χ2n) is 5.54. The molecule has 0 saturated carbocycles.